The van der Waals surface area contributed by atoms with E-state index in [1.165, 1.54) is 115 Å². The first-order valence-corrected chi connectivity index (χ1v) is 20.0. The van der Waals surface area contributed by atoms with E-state index >= 15 is 0 Å². The molecular formula is C53H40N2. The zero-order valence-corrected chi connectivity index (χ0v) is 30.7. The van der Waals surface area contributed by atoms with Gasteiger partial charge in [0.25, 0.3) is 0 Å². The molecule has 2 heterocycles. The molecule has 0 saturated heterocycles. The molecule has 262 valence electrons. The van der Waals surface area contributed by atoms with Crippen molar-refractivity contribution < 1.29 is 0 Å². The van der Waals surface area contributed by atoms with E-state index in [0.29, 0.717) is 12.0 Å². The van der Waals surface area contributed by atoms with Gasteiger partial charge in [-0.3, -0.25) is 0 Å². The summed E-state index contributed by atoms with van der Waals surface area (Å²) < 4.78 is 2.40. The number of benzene rings is 7. The maximum absolute atomic E-state index is 2.56. The van der Waals surface area contributed by atoms with Gasteiger partial charge in [-0.15, -0.1) is 0 Å². The van der Waals surface area contributed by atoms with E-state index in [1.807, 2.05) is 0 Å². The monoisotopic (exact) mass is 704 g/mol. The molecular weight excluding hydrogens is 665 g/mol. The van der Waals surface area contributed by atoms with Crippen molar-refractivity contribution in [1.29, 1.82) is 0 Å². The minimum atomic E-state index is 0.0625. The van der Waals surface area contributed by atoms with Gasteiger partial charge in [0.2, 0.25) is 0 Å². The molecule has 1 aliphatic heterocycles. The van der Waals surface area contributed by atoms with Gasteiger partial charge in [0.1, 0.15) is 0 Å². The summed E-state index contributed by atoms with van der Waals surface area (Å²) in [6.45, 7) is 0. The Kier molecular flexibility index (Phi) is 6.66. The van der Waals surface area contributed by atoms with E-state index < -0.39 is 0 Å². The second-order valence-corrected chi connectivity index (χ2v) is 16.0. The third-order valence-electron chi connectivity index (χ3n) is 13.3. The lowest BCUT2D eigenvalue weighted by molar-refractivity contribution is 0.550. The summed E-state index contributed by atoms with van der Waals surface area (Å²) in [5.41, 5.74) is 18.9. The van der Waals surface area contributed by atoms with Gasteiger partial charge in [-0.1, -0.05) is 128 Å². The fourth-order valence-electron chi connectivity index (χ4n) is 10.8. The van der Waals surface area contributed by atoms with E-state index in [-0.39, 0.29) is 5.41 Å². The van der Waals surface area contributed by atoms with Crippen LogP contribution in [0.1, 0.15) is 48.3 Å². The van der Waals surface area contributed by atoms with Gasteiger partial charge < -0.3 is 9.47 Å². The Hall–Kier alpha value is -6.38. The van der Waals surface area contributed by atoms with Crippen LogP contribution in [0.15, 0.2) is 182 Å². The first-order valence-electron chi connectivity index (χ1n) is 20.0. The summed E-state index contributed by atoms with van der Waals surface area (Å²) in [6, 6.07) is 59.7. The highest BCUT2D eigenvalue weighted by Crippen LogP contribution is 2.58. The standard InChI is InChI=1S/C53H40N2/c1-3-13-39(14-4-1)54-49-19-9-7-17-43(49)45-31-35(23-27-51(45)54)37-21-25-41-42-26-22-38(34-48(42)53(47(41)33-37)29-11-12-30-53)36-24-28-52-46(32-36)44-18-8-10-20-50(44)55(52)40-15-5-2-6-16-40/h1-10,13-28,31-34,43,49H,11-12,29-30H2. The van der Waals surface area contributed by atoms with Crippen LogP contribution in [-0.4, -0.2) is 10.6 Å². The predicted molar refractivity (Wildman–Crippen MR) is 230 cm³/mol. The predicted octanol–water partition coefficient (Wildman–Crippen LogP) is 13.7. The van der Waals surface area contributed by atoms with Gasteiger partial charge in [0.15, 0.2) is 0 Å². The van der Waals surface area contributed by atoms with E-state index in [4.69, 9.17) is 0 Å². The van der Waals surface area contributed by atoms with Gasteiger partial charge in [-0.05, 0) is 130 Å². The number of anilines is 2. The first-order chi connectivity index (χ1) is 27.2. The van der Waals surface area contributed by atoms with Crippen LogP contribution < -0.4 is 4.90 Å². The summed E-state index contributed by atoms with van der Waals surface area (Å²) in [6.07, 6.45) is 14.1. The number of hydrogen-bond donors (Lipinski definition) is 0. The minimum Gasteiger partial charge on any atom is -0.333 e. The number of hydrogen-bond acceptors (Lipinski definition) is 1. The third kappa shape index (κ3) is 4.49. The van der Waals surface area contributed by atoms with Crippen LogP contribution in [0.3, 0.4) is 0 Å². The molecule has 1 aromatic heterocycles. The highest BCUT2D eigenvalue weighted by Gasteiger charge is 2.45. The second-order valence-electron chi connectivity index (χ2n) is 16.0. The molecule has 0 radical (unpaired) electrons. The van der Waals surface area contributed by atoms with Crippen LogP contribution in [0.5, 0.6) is 0 Å². The van der Waals surface area contributed by atoms with Gasteiger partial charge in [-0.25, -0.2) is 0 Å². The Labute approximate surface area is 322 Å². The van der Waals surface area contributed by atoms with Gasteiger partial charge in [0, 0.05) is 39.2 Å². The Balaban J connectivity index is 0.946. The summed E-state index contributed by atoms with van der Waals surface area (Å²) in [5.74, 6) is 0.340. The van der Waals surface area contributed by atoms with Crippen LogP contribution >= 0.6 is 0 Å². The molecule has 4 aliphatic rings. The molecule has 1 saturated carbocycles. The van der Waals surface area contributed by atoms with Crippen LogP contribution in [0, 0.1) is 0 Å². The van der Waals surface area contributed by atoms with Gasteiger partial charge in [0.05, 0.1) is 17.1 Å². The molecule has 2 heteroatoms. The molecule has 2 nitrogen and oxygen atoms in total. The lowest BCUT2D eigenvalue weighted by Crippen LogP contribution is -2.28. The van der Waals surface area contributed by atoms with E-state index in [9.17, 15) is 0 Å². The molecule has 3 aliphatic carbocycles. The summed E-state index contributed by atoms with van der Waals surface area (Å²) in [4.78, 5) is 2.52. The maximum Gasteiger partial charge on any atom is 0.0629 e. The van der Waals surface area contributed by atoms with Crippen molar-refractivity contribution in [2.75, 3.05) is 4.90 Å². The number of fused-ring (bicyclic) bond motifs is 11. The fourth-order valence-corrected chi connectivity index (χ4v) is 10.8. The quantitative estimate of drug-likeness (QED) is 0.177. The number of nitrogens with zero attached hydrogens (tertiary/aromatic N) is 2. The van der Waals surface area contributed by atoms with Crippen LogP contribution in [0.4, 0.5) is 11.4 Å². The van der Waals surface area contributed by atoms with Crippen LogP contribution in [-0.2, 0) is 5.41 Å². The Morgan fingerprint density at radius 1 is 0.473 bits per heavy atom. The van der Waals surface area contributed by atoms with Crippen molar-refractivity contribution in [3.05, 3.63) is 199 Å². The maximum atomic E-state index is 2.56. The smallest absolute Gasteiger partial charge is 0.0629 e. The average Bonchev–Trinajstić information content (AvgIpc) is 4.02. The molecule has 1 spiro atoms. The highest BCUT2D eigenvalue weighted by molar-refractivity contribution is 6.10. The zero-order valence-electron chi connectivity index (χ0n) is 30.7. The molecule has 1 fully saturated rings. The molecule has 8 aromatic rings. The normalized spacial score (nSPS) is 18.6. The molecule has 12 rings (SSSR count). The molecule has 2 atom stereocenters. The van der Waals surface area contributed by atoms with Crippen molar-refractivity contribution in [3.8, 4) is 39.1 Å². The second kappa shape index (κ2) is 11.8. The molecule has 0 bridgehead atoms. The number of allylic oxidation sites excluding steroid dienone is 2. The third-order valence-corrected chi connectivity index (χ3v) is 13.3. The van der Waals surface area contributed by atoms with E-state index in [2.05, 4.69) is 191 Å². The molecule has 0 amide bonds. The number of rotatable bonds is 4. The van der Waals surface area contributed by atoms with Crippen molar-refractivity contribution in [2.45, 2.75) is 43.1 Å². The summed E-state index contributed by atoms with van der Waals surface area (Å²) in [7, 11) is 0. The van der Waals surface area contributed by atoms with Crippen LogP contribution in [0.2, 0.25) is 0 Å². The first kappa shape index (κ1) is 31.0. The Morgan fingerprint density at radius 3 is 1.80 bits per heavy atom. The molecule has 0 N–H and O–H groups in total. The van der Waals surface area contributed by atoms with Crippen molar-refractivity contribution in [1.82, 2.24) is 4.57 Å². The number of para-hydroxylation sites is 3. The SMILES string of the molecule is C1=CC2c3cc(-c4ccc5c(c4)C4(CCCC4)c4cc(-c6ccc7c(c6)c6ccccc6n7-c6ccccc6)ccc4-5)ccc3N(c3ccccc3)C2C=C1. The zero-order chi connectivity index (χ0) is 36.1. The van der Waals surface area contributed by atoms with Crippen molar-refractivity contribution in [2.24, 2.45) is 0 Å². The molecule has 7 aromatic carbocycles. The lowest BCUT2D eigenvalue weighted by Gasteiger charge is -2.28. The van der Waals surface area contributed by atoms with Gasteiger partial charge >= 0.3 is 0 Å². The summed E-state index contributed by atoms with van der Waals surface area (Å²) in [5, 5.41) is 2.59. The minimum absolute atomic E-state index is 0.0625. The Morgan fingerprint density at radius 2 is 1.05 bits per heavy atom. The van der Waals surface area contributed by atoms with Crippen molar-refractivity contribution in [3.63, 3.8) is 0 Å². The lowest BCUT2D eigenvalue weighted by atomic mass is 9.75. The molecule has 55 heavy (non-hydrogen) atoms. The van der Waals surface area contributed by atoms with Gasteiger partial charge in [-0.2, -0.15) is 0 Å². The van der Waals surface area contributed by atoms with Crippen LogP contribution in [0.25, 0.3) is 60.9 Å². The topological polar surface area (TPSA) is 8.17 Å². The average molecular weight is 705 g/mol. The van der Waals surface area contributed by atoms with E-state index in [1.54, 1.807) is 0 Å². The highest BCUT2D eigenvalue weighted by atomic mass is 15.2. The molecule has 2 unspecified atom stereocenters. The van der Waals surface area contributed by atoms with Crippen molar-refractivity contribution >= 4 is 33.2 Å². The largest absolute Gasteiger partial charge is 0.333 e. The number of aromatic nitrogens is 1. The fraction of sp³-hybridized carbons (Fsp3) is 0.132. The Bertz CT molecular complexity index is 2890. The van der Waals surface area contributed by atoms with E-state index in [0.717, 1.165) is 0 Å². The summed E-state index contributed by atoms with van der Waals surface area (Å²) >= 11 is 0.